The Labute approximate surface area is 132 Å². The second-order valence-corrected chi connectivity index (χ2v) is 6.43. The van der Waals surface area contributed by atoms with Gasteiger partial charge in [0.1, 0.15) is 0 Å². The summed E-state index contributed by atoms with van der Waals surface area (Å²) < 4.78 is 5.78. The molecule has 0 saturated carbocycles. The van der Waals surface area contributed by atoms with Crippen LogP contribution in [-0.4, -0.2) is 17.0 Å². The molecule has 0 fully saturated rings. The van der Waals surface area contributed by atoms with Gasteiger partial charge in [0.25, 0.3) is 0 Å². The fourth-order valence-corrected chi connectivity index (χ4v) is 3.78. The van der Waals surface area contributed by atoms with Crippen molar-refractivity contribution >= 4 is 23.3 Å². The van der Waals surface area contributed by atoms with Gasteiger partial charge in [0.2, 0.25) is 5.78 Å². The molecule has 22 heavy (non-hydrogen) atoms. The average Bonchev–Trinajstić information content (AvgIpc) is 2.98. The summed E-state index contributed by atoms with van der Waals surface area (Å²) in [5.41, 5.74) is 1.21. The molecular weight excluding hydrogens is 296 g/mol. The van der Waals surface area contributed by atoms with Gasteiger partial charge in [0.15, 0.2) is 17.0 Å². The molecule has 0 spiro atoms. The maximum atomic E-state index is 12.5. The fourth-order valence-electron chi connectivity index (χ4n) is 2.77. The van der Waals surface area contributed by atoms with Gasteiger partial charge in [-0.3, -0.25) is 9.59 Å². The van der Waals surface area contributed by atoms with Crippen LogP contribution in [0.1, 0.15) is 27.1 Å². The van der Waals surface area contributed by atoms with Gasteiger partial charge in [-0.25, -0.2) is 0 Å². The molecule has 3 nitrogen and oxygen atoms in total. The number of fused-ring (bicyclic) bond motifs is 1. The Hall–Kier alpha value is -2.33. The Kier molecular flexibility index (Phi) is 3.12. The van der Waals surface area contributed by atoms with Gasteiger partial charge in [0.05, 0.1) is 5.57 Å². The van der Waals surface area contributed by atoms with Crippen molar-refractivity contribution in [2.24, 2.45) is 0 Å². The lowest BCUT2D eigenvalue weighted by Gasteiger charge is -2.15. The molecule has 1 aliphatic heterocycles. The monoisotopic (exact) mass is 308 g/mol. The van der Waals surface area contributed by atoms with Crippen LogP contribution >= 0.6 is 11.8 Å². The summed E-state index contributed by atoms with van der Waals surface area (Å²) in [7, 11) is 0. The van der Waals surface area contributed by atoms with Crippen LogP contribution in [0.5, 0.6) is 0 Å². The first kappa shape index (κ1) is 13.3. The third kappa shape index (κ3) is 2.07. The molecule has 1 unspecified atom stereocenters. The number of Topliss-reactive ketones (excluding diaryl/α,β-unsaturated/α-hetero) is 2. The lowest BCUT2D eigenvalue weighted by molar-refractivity contribution is 0.0903. The highest BCUT2D eigenvalue weighted by Crippen LogP contribution is 2.41. The zero-order valence-electron chi connectivity index (χ0n) is 11.6. The number of ether oxygens (including phenoxy) is 1. The van der Waals surface area contributed by atoms with Gasteiger partial charge in [-0.2, -0.15) is 0 Å². The van der Waals surface area contributed by atoms with Crippen molar-refractivity contribution in [1.82, 2.24) is 0 Å². The Balaban J connectivity index is 1.62. The molecule has 0 N–H and O–H groups in total. The van der Waals surface area contributed by atoms with E-state index in [1.165, 1.54) is 11.8 Å². The molecule has 0 bridgehead atoms. The summed E-state index contributed by atoms with van der Waals surface area (Å²) in [4.78, 5) is 26.1. The van der Waals surface area contributed by atoms with Crippen LogP contribution in [0.2, 0.25) is 0 Å². The number of carbonyl (C=O) groups is 2. The highest BCUT2D eigenvalue weighted by atomic mass is 32.2. The first-order chi connectivity index (χ1) is 10.7. The largest absolute Gasteiger partial charge is 0.475 e. The molecule has 2 aromatic carbocycles. The summed E-state index contributed by atoms with van der Waals surface area (Å²) in [5, 5.41) is 0. The Morgan fingerprint density at radius 1 is 0.864 bits per heavy atom. The van der Waals surface area contributed by atoms with E-state index in [1.54, 1.807) is 24.3 Å². The average molecular weight is 308 g/mol. The van der Waals surface area contributed by atoms with E-state index >= 15 is 0 Å². The molecule has 1 heterocycles. The van der Waals surface area contributed by atoms with Crippen molar-refractivity contribution in [2.45, 2.75) is 16.8 Å². The first-order valence-corrected chi connectivity index (χ1v) is 7.92. The molecule has 2 aromatic rings. The number of allylic oxidation sites excluding steroid dienone is 1. The lowest BCUT2D eigenvalue weighted by Crippen LogP contribution is -2.19. The predicted molar refractivity (Wildman–Crippen MR) is 83.9 cm³/mol. The second-order valence-electron chi connectivity index (χ2n) is 5.19. The highest BCUT2D eigenvalue weighted by Gasteiger charge is 2.40. The molecule has 1 aliphatic carbocycles. The number of rotatable bonds is 2. The minimum absolute atomic E-state index is 0.0821. The van der Waals surface area contributed by atoms with Crippen molar-refractivity contribution in [3.63, 3.8) is 0 Å². The molecule has 0 radical (unpaired) electrons. The van der Waals surface area contributed by atoms with Gasteiger partial charge in [-0.1, -0.05) is 54.2 Å². The molecule has 0 amide bonds. The van der Waals surface area contributed by atoms with Crippen LogP contribution in [0.25, 0.3) is 0 Å². The number of ketones is 2. The van der Waals surface area contributed by atoms with Gasteiger partial charge in [0, 0.05) is 22.4 Å². The van der Waals surface area contributed by atoms with Crippen LogP contribution in [0.3, 0.4) is 0 Å². The quantitative estimate of drug-likeness (QED) is 0.845. The second kappa shape index (κ2) is 5.14. The molecule has 108 valence electrons. The maximum Gasteiger partial charge on any atom is 0.228 e. The van der Waals surface area contributed by atoms with Crippen LogP contribution in [0.15, 0.2) is 70.8 Å². The molecule has 0 aromatic heterocycles. The van der Waals surface area contributed by atoms with E-state index in [0.717, 1.165) is 4.90 Å². The number of carbonyl (C=O) groups excluding carboxylic acids is 2. The topological polar surface area (TPSA) is 43.4 Å². The summed E-state index contributed by atoms with van der Waals surface area (Å²) in [6.45, 7) is 0. The van der Waals surface area contributed by atoms with Gasteiger partial charge in [-0.15, -0.1) is 0 Å². The highest BCUT2D eigenvalue weighted by molar-refractivity contribution is 7.99. The number of hydrogen-bond donors (Lipinski definition) is 0. The SMILES string of the molecule is O=C1C2=C(OC(Sc3ccccc3)C2)C(=O)c2ccccc21. The zero-order valence-corrected chi connectivity index (χ0v) is 12.4. The normalized spacial score (nSPS) is 19.7. The van der Waals surface area contributed by atoms with Crippen LogP contribution < -0.4 is 0 Å². The van der Waals surface area contributed by atoms with E-state index < -0.39 is 0 Å². The summed E-state index contributed by atoms with van der Waals surface area (Å²) in [5.74, 6) is -0.0279. The Morgan fingerprint density at radius 3 is 2.23 bits per heavy atom. The fraction of sp³-hybridized carbons (Fsp3) is 0.111. The van der Waals surface area contributed by atoms with E-state index in [-0.39, 0.29) is 22.8 Å². The Bertz CT molecular complexity index is 761. The van der Waals surface area contributed by atoms with Crippen molar-refractivity contribution in [3.05, 3.63) is 77.1 Å². The maximum absolute atomic E-state index is 12.5. The van der Waals surface area contributed by atoms with E-state index in [1.807, 2.05) is 30.3 Å². The number of hydrogen-bond acceptors (Lipinski definition) is 4. The number of thioether (sulfide) groups is 1. The van der Waals surface area contributed by atoms with Crippen LogP contribution in [-0.2, 0) is 4.74 Å². The molecule has 0 saturated heterocycles. The van der Waals surface area contributed by atoms with Crippen LogP contribution in [0, 0.1) is 0 Å². The summed E-state index contributed by atoms with van der Waals surface area (Å²) >= 11 is 1.53. The van der Waals surface area contributed by atoms with E-state index in [9.17, 15) is 9.59 Å². The lowest BCUT2D eigenvalue weighted by atomic mass is 9.88. The third-order valence-electron chi connectivity index (χ3n) is 3.80. The molecule has 4 heteroatoms. The van der Waals surface area contributed by atoms with Gasteiger partial charge in [-0.05, 0) is 12.1 Å². The molecule has 1 atom stereocenters. The predicted octanol–water partition coefficient (Wildman–Crippen LogP) is 3.86. The smallest absolute Gasteiger partial charge is 0.228 e. The van der Waals surface area contributed by atoms with Crippen LogP contribution in [0.4, 0.5) is 0 Å². The standard InChI is InChI=1S/C18H12O3S/c19-16-12-8-4-5-9-13(12)17(20)18-14(16)10-15(21-18)22-11-6-2-1-3-7-11/h1-9,15H,10H2. The van der Waals surface area contributed by atoms with Crippen molar-refractivity contribution in [2.75, 3.05) is 0 Å². The number of benzene rings is 2. The molecular formula is C18H12O3S. The minimum Gasteiger partial charge on any atom is -0.475 e. The van der Waals surface area contributed by atoms with Gasteiger partial charge >= 0.3 is 0 Å². The van der Waals surface area contributed by atoms with E-state index in [0.29, 0.717) is 23.1 Å². The first-order valence-electron chi connectivity index (χ1n) is 7.04. The molecule has 4 rings (SSSR count). The van der Waals surface area contributed by atoms with Gasteiger partial charge < -0.3 is 4.74 Å². The van der Waals surface area contributed by atoms with Crippen molar-refractivity contribution < 1.29 is 14.3 Å². The minimum atomic E-state index is -0.227. The molecule has 2 aliphatic rings. The zero-order chi connectivity index (χ0) is 15.1. The Morgan fingerprint density at radius 2 is 1.50 bits per heavy atom. The summed E-state index contributed by atoms with van der Waals surface area (Å²) in [6.07, 6.45) is 0.466. The third-order valence-corrected chi connectivity index (χ3v) is 4.87. The van der Waals surface area contributed by atoms with Crippen molar-refractivity contribution in [3.8, 4) is 0 Å². The summed E-state index contributed by atoms with van der Waals surface area (Å²) in [6, 6.07) is 16.8. The van der Waals surface area contributed by atoms with Crippen molar-refractivity contribution in [1.29, 1.82) is 0 Å². The van der Waals surface area contributed by atoms with E-state index in [4.69, 9.17) is 4.74 Å². The van der Waals surface area contributed by atoms with E-state index in [2.05, 4.69) is 0 Å².